The smallest absolute Gasteiger partial charge is 0.392 e. The Bertz CT molecular complexity index is 340. The monoisotopic (exact) mass is 191 g/mol. The standard InChI is InChI=1S/C7H7F2NO3/c1-3-4(7(2,8)9)13-5(10-3)6(11)12/h1-2H3,(H,11,12). The van der Waals surface area contributed by atoms with Crippen molar-refractivity contribution < 1.29 is 23.1 Å². The molecule has 0 radical (unpaired) electrons. The minimum absolute atomic E-state index is 0.107. The Hall–Kier alpha value is -1.46. The zero-order valence-corrected chi connectivity index (χ0v) is 6.97. The topological polar surface area (TPSA) is 63.3 Å². The van der Waals surface area contributed by atoms with Crippen molar-refractivity contribution in [3.63, 3.8) is 0 Å². The van der Waals surface area contributed by atoms with Crippen molar-refractivity contribution in [2.24, 2.45) is 0 Å². The van der Waals surface area contributed by atoms with Crippen LogP contribution in [0.5, 0.6) is 0 Å². The van der Waals surface area contributed by atoms with E-state index < -0.39 is 23.5 Å². The van der Waals surface area contributed by atoms with Crippen molar-refractivity contribution in [3.05, 3.63) is 17.3 Å². The largest absolute Gasteiger partial charge is 0.474 e. The van der Waals surface area contributed by atoms with Gasteiger partial charge in [-0.05, 0) is 6.92 Å². The molecule has 1 aromatic heterocycles. The van der Waals surface area contributed by atoms with Gasteiger partial charge in [0.25, 0.3) is 0 Å². The quantitative estimate of drug-likeness (QED) is 0.773. The van der Waals surface area contributed by atoms with Gasteiger partial charge in [0, 0.05) is 6.92 Å². The Labute approximate surface area is 72.2 Å². The van der Waals surface area contributed by atoms with Crippen LogP contribution in [0.2, 0.25) is 0 Å². The Balaban J connectivity index is 3.18. The molecule has 72 valence electrons. The Morgan fingerprint density at radius 1 is 1.62 bits per heavy atom. The molecule has 1 N–H and O–H groups in total. The minimum Gasteiger partial charge on any atom is -0.474 e. The van der Waals surface area contributed by atoms with Gasteiger partial charge in [0.15, 0.2) is 5.76 Å². The summed E-state index contributed by atoms with van der Waals surface area (Å²) in [4.78, 5) is 13.6. The Kier molecular flexibility index (Phi) is 2.07. The van der Waals surface area contributed by atoms with Gasteiger partial charge in [0.2, 0.25) is 0 Å². The zero-order valence-electron chi connectivity index (χ0n) is 6.97. The van der Waals surface area contributed by atoms with Crippen LogP contribution in [0.15, 0.2) is 4.42 Å². The fourth-order valence-electron chi connectivity index (χ4n) is 0.895. The van der Waals surface area contributed by atoms with E-state index in [1.165, 1.54) is 6.92 Å². The second kappa shape index (κ2) is 2.79. The molecule has 1 heterocycles. The lowest BCUT2D eigenvalue weighted by Gasteiger charge is -2.05. The molecule has 0 spiro atoms. The van der Waals surface area contributed by atoms with E-state index in [1.807, 2.05) is 0 Å². The number of aromatic carboxylic acids is 1. The van der Waals surface area contributed by atoms with Gasteiger partial charge in [-0.25, -0.2) is 9.78 Å². The van der Waals surface area contributed by atoms with E-state index in [0.29, 0.717) is 6.92 Å². The first kappa shape index (κ1) is 9.63. The molecule has 0 aromatic carbocycles. The van der Waals surface area contributed by atoms with Crippen LogP contribution in [-0.4, -0.2) is 16.1 Å². The first-order valence-electron chi connectivity index (χ1n) is 3.41. The fourth-order valence-corrected chi connectivity index (χ4v) is 0.895. The van der Waals surface area contributed by atoms with Gasteiger partial charge in [0.1, 0.15) is 0 Å². The summed E-state index contributed by atoms with van der Waals surface area (Å²) < 4.78 is 29.7. The molecule has 0 amide bonds. The maximum Gasteiger partial charge on any atom is 0.392 e. The molecular formula is C7H7F2NO3. The number of carbonyl (C=O) groups is 1. The molecule has 0 fully saturated rings. The molecule has 6 heteroatoms. The first-order chi connectivity index (χ1) is 5.82. The maximum absolute atomic E-state index is 12.7. The summed E-state index contributed by atoms with van der Waals surface area (Å²) >= 11 is 0. The first-order valence-corrected chi connectivity index (χ1v) is 3.41. The van der Waals surface area contributed by atoms with E-state index in [0.717, 1.165) is 0 Å². The van der Waals surface area contributed by atoms with Crippen LogP contribution in [0, 0.1) is 6.92 Å². The van der Waals surface area contributed by atoms with Gasteiger partial charge in [-0.1, -0.05) is 0 Å². The predicted molar refractivity (Wildman–Crippen MR) is 37.8 cm³/mol. The molecule has 13 heavy (non-hydrogen) atoms. The predicted octanol–water partition coefficient (Wildman–Crippen LogP) is 1.79. The van der Waals surface area contributed by atoms with E-state index in [1.54, 1.807) is 0 Å². The van der Waals surface area contributed by atoms with Gasteiger partial charge in [-0.2, -0.15) is 8.78 Å². The second-order valence-electron chi connectivity index (χ2n) is 2.63. The summed E-state index contributed by atoms with van der Waals surface area (Å²) in [6.45, 7) is 1.88. The van der Waals surface area contributed by atoms with Gasteiger partial charge < -0.3 is 9.52 Å². The van der Waals surface area contributed by atoms with Crippen molar-refractivity contribution in [1.29, 1.82) is 0 Å². The summed E-state index contributed by atoms with van der Waals surface area (Å²) in [5.41, 5.74) is -0.107. The number of rotatable bonds is 2. The van der Waals surface area contributed by atoms with Crippen molar-refractivity contribution in [2.45, 2.75) is 19.8 Å². The van der Waals surface area contributed by atoms with Crippen LogP contribution in [0.1, 0.15) is 29.1 Å². The van der Waals surface area contributed by atoms with E-state index in [-0.39, 0.29) is 5.69 Å². The molecule has 0 saturated heterocycles. The zero-order chi connectivity index (χ0) is 10.2. The maximum atomic E-state index is 12.7. The molecular weight excluding hydrogens is 184 g/mol. The molecule has 0 saturated carbocycles. The minimum atomic E-state index is -3.20. The van der Waals surface area contributed by atoms with Crippen LogP contribution in [0.25, 0.3) is 0 Å². The third kappa shape index (κ3) is 1.82. The Morgan fingerprint density at radius 3 is 2.38 bits per heavy atom. The highest BCUT2D eigenvalue weighted by Gasteiger charge is 2.33. The van der Waals surface area contributed by atoms with Crippen LogP contribution in [-0.2, 0) is 5.92 Å². The van der Waals surface area contributed by atoms with Crippen LogP contribution in [0.3, 0.4) is 0 Å². The average Bonchev–Trinajstić information content (AvgIpc) is 2.29. The molecule has 0 aliphatic heterocycles. The van der Waals surface area contributed by atoms with Crippen molar-refractivity contribution in [3.8, 4) is 0 Å². The molecule has 1 rings (SSSR count). The third-order valence-electron chi connectivity index (χ3n) is 1.38. The number of nitrogens with zero attached hydrogens (tertiary/aromatic N) is 1. The van der Waals surface area contributed by atoms with Crippen LogP contribution < -0.4 is 0 Å². The number of aromatic nitrogens is 1. The van der Waals surface area contributed by atoms with Crippen LogP contribution >= 0.6 is 0 Å². The summed E-state index contributed by atoms with van der Waals surface area (Å²) in [5, 5.41) is 8.39. The molecule has 0 aliphatic carbocycles. The molecule has 0 bridgehead atoms. The number of hydrogen-bond acceptors (Lipinski definition) is 3. The number of carboxylic acid groups (broad SMARTS) is 1. The van der Waals surface area contributed by atoms with Crippen molar-refractivity contribution in [1.82, 2.24) is 4.98 Å². The summed E-state index contributed by atoms with van der Waals surface area (Å²) in [6, 6.07) is 0. The number of hydrogen-bond donors (Lipinski definition) is 1. The SMILES string of the molecule is Cc1nc(C(=O)O)oc1C(C)(F)F. The van der Waals surface area contributed by atoms with E-state index in [2.05, 4.69) is 9.40 Å². The lowest BCUT2D eigenvalue weighted by Crippen LogP contribution is -2.07. The fraction of sp³-hybridized carbons (Fsp3) is 0.429. The highest BCUT2D eigenvalue weighted by Crippen LogP contribution is 2.30. The number of oxazole rings is 1. The lowest BCUT2D eigenvalue weighted by molar-refractivity contribution is -0.00721. The normalized spacial score (nSPS) is 11.7. The lowest BCUT2D eigenvalue weighted by atomic mass is 10.2. The Morgan fingerprint density at radius 2 is 2.15 bits per heavy atom. The second-order valence-corrected chi connectivity index (χ2v) is 2.63. The molecule has 0 aliphatic rings. The van der Waals surface area contributed by atoms with Gasteiger partial charge in [-0.15, -0.1) is 0 Å². The highest BCUT2D eigenvalue weighted by atomic mass is 19.3. The number of carboxylic acids is 1. The molecule has 1 aromatic rings. The molecule has 4 nitrogen and oxygen atoms in total. The van der Waals surface area contributed by atoms with E-state index in [4.69, 9.17) is 5.11 Å². The molecule has 0 atom stereocenters. The van der Waals surface area contributed by atoms with E-state index >= 15 is 0 Å². The van der Waals surface area contributed by atoms with Gasteiger partial charge >= 0.3 is 17.8 Å². The summed E-state index contributed by atoms with van der Waals surface area (Å²) in [7, 11) is 0. The number of alkyl halides is 2. The van der Waals surface area contributed by atoms with E-state index in [9.17, 15) is 13.6 Å². The molecule has 0 unspecified atom stereocenters. The average molecular weight is 191 g/mol. The van der Waals surface area contributed by atoms with Gasteiger partial charge in [0.05, 0.1) is 5.69 Å². The van der Waals surface area contributed by atoms with Crippen molar-refractivity contribution >= 4 is 5.97 Å². The summed E-state index contributed by atoms with van der Waals surface area (Å²) in [6.07, 6.45) is 0. The van der Waals surface area contributed by atoms with Crippen molar-refractivity contribution in [2.75, 3.05) is 0 Å². The highest BCUT2D eigenvalue weighted by molar-refractivity contribution is 5.82. The van der Waals surface area contributed by atoms with Crippen LogP contribution in [0.4, 0.5) is 8.78 Å². The number of halogens is 2. The summed E-state index contributed by atoms with van der Waals surface area (Å²) in [5.74, 6) is -6.08. The third-order valence-corrected chi connectivity index (χ3v) is 1.38. The van der Waals surface area contributed by atoms with Gasteiger partial charge in [-0.3, -0.25) is 0 Å². The number of aryl methyl sites for hydroxylation is 1.